The lowest BCUT2D eigenvalue weighted by molar-refractivity contribution is -0.116. The van der Waals surface area contributed by atoms with Crippen molar-refractivity contribution in [3.05, 3.63) is 64.8 Å². The van der Waals surface area contributed by atoms with E-state index in [4.69, 9.17) is 0 Å². The van der Waals surface area contributed by atoms with Crippen molar-refractivity contribution in [3.63, 3.8) is 0 Å². The van der Waals surface area contributed by atoms with E-state index in [0.717, 1.165) is 27.9 Å². The normalized spacial score (nSPS) is 11.1. The molecule has 26 heavy (non-hydrogen) atoms. The van der Waals surface area contributed by atoms with Crippen molar-refractivity contribution in [1.82, 2.24) is 14.5 Å². The summed E-state index contributed by atoms with van der Waals surface area (Å²) in [6.45, 7) is 1.97. The Kier molecular flexibility index (Phi) is 4.22. The SMILES string of the molecule is CCc1cccc(NC(=O)Cn2cnc3c(sc4ncccc43)c2=O)c1. The van der Waals surface area contributed by atoms with E-state index in [-0.39, 0.29) is 18.0 Å². The number of aryl methyl sites for hydroxylation is 1. The molecule has 0 aliphatic heterocycles. The first-order valence-electron chi connectivity index (χ1n) is 8.27. The lowest BCUT2D eigenvalue weighted by Gasteiger charge is -2.08. The van der Waals surface area contributed by atoms with Crippen molar-refractivity contribution in [1.29, 1.82) is 0 Å². The van der Waals surface area contributed by atoms with Gasteiger partial charge >= 0.3 is 0 Å². The van der Waals surface area contributed by atoms with Crippen molar-refractivity contribution in [2.24, 2.45) is 0 Å². The maximum atomic E-state index is 12.7. The maximum Gasteiger partial charge on any atom is 0.271 e. The van der Waals surface area contributed by atoms with Gasteiger partial charge < -0.3 is 5.32 Å². The average Bonchev–Trinajstić information content (AvgIpc) is 3.04. The minimum Gasteiger partial charge on any atom is -0.325 e. The predicted octanol–water partition coefficient (Wildman–Crippen LogP) is 3.21. The topological polar surface area (TPSA) is 76.9 Å². The number of thiophene rings is 1. The molecule has 0 aliphatic rings. The zero-order valence-electron chi connectivity index (χ0n) is 14.1. The molecule has 0 unspecified atom stereocenters. The first-order chi connectivity index (χ1) is 12.7. The van der Waals surface area contributed by atoms with Crippen LogP contribution in [0.4, 0.5) is 5.69 Å². The van der Waals surface area contributed by atoms with Gasteiger partial charge in [-0.15, -0.1) is 11.3 Å². The minimum absolute atomic E-state index is 0.0835. The second kappa shape index (κ2) is 6.68. The van der Waals surface area contributed by atoms with Crippen molar-refractivity contribution in [2.75, 3.05) is 5.32 Å². The molecule has 0 radical (unpaired) electrons. The predicted molar refractivity (Wildman–Crippen MR) is 104 cm³/mol. The number of amides is 1. The van der Waals surface area contributed by atoms with Crippen molar-refractivity contribution in [2.45, 2.75) is 19.9 Å². The van der Waals surface area contributed by atoms with Gasteiger partial charge in [-0.25, -0.2) is 9.97 Å². The highest BCUT2D eigenvalue weighted by atomic mass is 32.1. The molecule has 1 amide bonds. The van der Waals surface area contributed by atoms with Crippen molar-refractivity contribution >= 4 is 43.4 Å². The Morgan fingerprint density at radius 2 is 2.12 bits per heavy atom. The molecule has 0 spiro atoms. The van der Waals surface area contributed by atoms with Gasteiger partial charge in [0, 0.05) is 17.3 Å². The lowest BCUT2D eigenvalue weighted by atomic mass is 10.1. The third-order valence-electron chi connectivity index (χ3n) is 4.15. The molecule has 1 aromatic carbocycles. The first-order valence-corrected chi connectivity index (χ1v) is 9.09. The molecule has 3 aromatic heterocycles. The second-order valence-electron chi connectivity index (χ2n) is 5.92. The fourth-order valence-electron chi connectivity index (χ4n) is 2.84. The highest BCUT2D eigenvalue weighted by Gasteiger charge is 2.13. The molecule has 0 saturated heterocycles. The smallest absolute Gasteiger partial charge is 0.271 e. The fourth-order valence-corrected chi connectivity index (χ4v) is 3.89. The fraction of sp³-hybridized carbons (Fsp3) is 0.158. The van der Waals surface area contributed by atoms with Gasteiger partial charge in [0.25, 0.3) is 5.56 Å². The van der Waals surface area contributed by atoms with Gasteiger partial charge in [-0.3, -0.25) is 14.2 Å². The summed E-state index contributed by atoms with van der Waals surface area (Å²) in [4.78, 5) is 34.5. The van der Waals surface area contributed by atoms with Crippen LogP contribution < -0.4 is 10.9 Å². The second-order valence-corrected chi connectivity index (χ2v) is 6.91. The van der Waals surface area contributed by atoms with Gasteiger partial charge in [0.05, 0.1) is 11.8 Å². The standard InChI is InChI=1S/C19H16N4O2S/c1-2-12-5-3-6-13(9-12)22-15(24)10-23-11-21-16-14-7-4-8-20-18(14)26-17(16)19(23)25/h3-9,11H,2,10H2,1H3,(H,22,24). The number of rotatable bonds is 4. The van der Waals surface area contributed by atoms with E-state index in [1.807, 2.05) is 36.4 Å². The van der Waals surface area contributed by atoms with Crippen LogP contribution in [0.5, 0.6) is 0 Å². The van der Waals surface area contributed by atoms with Crippen LogP contribution in [0.25, 0.3) is 20.4 Å². The van der Waals surface area contributed by atoms with Gasteiger partial charge in [-0.2, -0.15) is 0 Å². The minimum atomic E-state index is -0.263. The Bertz CT molecular complexity index is 1180. The number of carbonyl (C=O) groups excluding carboxylic acids is 1. The van der Waals surface area contributed by atoms with Gasteiger partial charge in [-0.05, 0) is 36.2 Å². The zero-order valence-corrected chi connectivity index (χ0v) is 14.9. The number of hydrogen-bond donors (Lipinski definition) is 1. The highest BCUT2D eigenvalue weighted by molar-refractivity contribution is 7.25. The number of fused-ring (bicyclic) bond motifs is 3. The van der Waals surface area contributed by atoms with E-state index >= 15 is 0 Å². The van der Waals surface area contributed by atoms with E-state index in [1.54, 1.807) is 6.20 Å². The average molecular weight is 364 g/mol. The number of nitrogens with zero attached hydrogens (tertiary/aromatic N) is 3. The number of anilines is 1. The third kappa shape index (κ3) is 2.97. The van der Waals surface area contributed by atoms with Crippen molar-refractivity contribution < 1.29 is 4.79 Å². The number of benzene rings is 1. The Morgan fingerprint density at radius 1 is 1.23 bits per heavy atom. The summed E-state index contributed by atoms with van der Waals surface area (Å²) in [5.41, 5.74) is 2.27. The summed E-state index contributed by atoms with van der Waals surface area (Å²) >= 11 is 1.30. The van der Waals surface area contributed by atoms with Crippen LogP contribution in [-0.2, 0) is 17.8 Å². The van der Waals surface area contributed by atoms with Crippen molar-refractivity contribution in [3.8, 4) is 0 Å². The molecule has 0 atom stereocenters. The molecule has 0 saturated carbocycles. The molecule has 3 heterocycles. The van der Waals surface area contributed by atoms with Crippen LogP contribution in [-0.4, -0.2) is 20.4 Å². The van der Waals surface area contributed by atoms with Crippen LogP contribution in [0.1, 0.15) is 12.5 Å². The molecule has 4 aromatic rings. The Labute approximate surface area is 153 Å². The van der Waals surface area contributed by atoms with Crippen LogP contribution in [0.15, 0.2) is 53.7 Å². The summed E-state index contributed by atoms with van der Waals surface area (Å²) in [7, 11) is 0. The van der Waals surface area contributed by atoms with Crippen LogP contribution in [0, 0.1) is 0 Å². The first kappa shape index (κ1) is 16.4. The van der Waals surface area contributed by atoms with Crippen LogP contribution in [0.2, 0.25) is 0 Å². The Balaban J connectivity index is 1.62. The number of aromatic nitrogens is 3. The van der Waals surface area contributed by atoms with E-state index < -0.39 is 0 Å². The third-order valence-corrected chi connectivity index (χ3v) is 5.25. The highest BCUT2D eigenvalue weighted by Crippen LogP contribution is 2.27. The van der Waals surface area contributed by atoms with Gasteiger partial charge in [0.2, 0.25) is 5.91 Å². The lowest BCUT2D eigenvalue weighted by Crippen LogP contribution is -2.27. The maximum absolute atomic E-state index is 12.7. The van der Waals surface area contributed by atoms with Gasteiger partial charge in [-0.1, -0.05) is 19.1 Å². The number of pyridine rings is 1. The molecule has 1 N–H and O–H groups in total. The molecule has 130 valence electrons. The van der Waals surface area contributed by atoms with E-state index in [2.05, 4.69) is 22.2 Å². The summed E-state index contributed by atoms with van der Waals surface area (Å²) < 4.78 is 1.85. The molecular formula is C19H16N4O2S. The van der Waals surface area contributed by atoms with Gasteiger partial charge in [0.15, 0.2) is 0 Å². The molecule has 0 bridgehead atoms. The Morgan fingerprint density at radius 3 is 2.96 bits per heavy atom. The monoisotopic (exact) mass is 364 g/mol. The zero-order chi connectivity index (χ0) is 18.1. The van der Waals surface area contributed by atoms with E-state index in [0.29, 0.717) is 10.2 Å². The molecular weight excluding hydrogens is 348 g/mol. The van der Waals surface area contributed by atoms with Gasteiger partial charge in [0.1, 0.15) is 16.1 Å². The van der Waals surface area contributed by atoms with E-state index in [9.17, 15) is 9.59 Å². The molecule has 6 nitrogen and oxygen atoms in total. The van der Waals surface area contributed by atoms with Crippen LogP contribution >= 0.6 is 11.3 Å². The summed E-state index contributed by atoms with van der Waals surface area (Å²) in [5.74, 6) is -0.263. The van der Waals surface area contributed by atoms with E-state index in [1.165, 1.54) is 22.2 Å². The Hall–Kier alpha value is -3.06. The number of nitrogens with one attached hydrogen (secondary N) is 1. The molecule has 0 aliphatic carbocycles. The summed E-state index contributed by atoms with van der Waals surface area (Å²) in [6, 6.07) is 11.4. The molecule has 7 heteroatoms. The summed E-state index contributed by atoms with van der Waals surface area (Å²) in [6.07, 6.45) is 4.00. The quantitative estimate of drug-likeness (QED) is 0.603. The number of carbonyl (C=O) groups is 1. The molecule has 4 rings (SSSR count). The largest absolute Gasteiger partial charge is 0.325 e. The number of hydrogen-bond acceptors (Lipinski definition) is 5. The summed E-state index contributed by atoms with van der Waals surface area (Å²) in [5, 5.41) is 3.69. The molecule has 0 fully saturated rings. The van der Waals surface area contributed by atoms with Crippen LogP contribution in [0.3, 0.4) is 0 Å².